The highest BCUT2D eigenvalue weighted by Crippen LogP contribution is 2.44. The van der Waals surface area contributed by atoms with Crippen LogP contribution < -0.4 is 4.90 Å². The Bertz CT molecular complexity index is 3230. The van der Waals surface area contributed by atoms with Crippen molar-refractivity contribution in [2.24, 2.45) is 0 Å². The van der Waals surface area contributed by atoms with E-state index in [9.17, 15) is 0 Å². The monoisotopic (exact) mass is 729 g/mol. The van der Waals surface area contributed by atoms with Gasteiger partial charge in [-0.3, -0.25) is 0 Å². The summed E-state index contributed by atoms with van der Waals surface area (Å²) in [4.78, 5) is 2.40. The van der Waals surface area contributed by atoms with Crippen LogP contribution in [0.1, 0.15) is 0 Å². The number of para-hydroxylation sites is 1. The molecule has 1 nitrogen and oxygen atoms in total. The van der Waals surface area contributed by atoms with E-state index < -0.39 is 0 Å². The van der Waals surface area contributed by atoms with Crippen molar-refractivity contribution < 1.29 is 0 Å². The molecule has 11 aromatic rings. The molecule has 10 aromatic carbocycles. The molecule has 0 spiro atoms. The van der Waals surface area contributed by atoms with Crippen molar-refractivity contribution in [3.05, 3.63) is 212 Å². The summed E-state index contributed by atoms with van der Waals surface area (Å²) in [6, 6.07) is 77.6. The summed E-state index contributed by atoms with van der Waals surface area (Å²) in [5.41, 5.74) is 10.6. The van der Waals surface area contributed by atoms with Crippen molar-refractivity contribution in [3.63, 3.8) is 0 Å². The van der Waals surface area contributed by atoms with Crippen molar-refractivity contribution in [1.82, 2.24) is 0 Å². The van der Waals surface area contributed by atoms with Crippen LogP contribution in [0.2, 0.25) is 0 Å². The molecule has 0 aliphatic rings. The largest absolute Gasteiger partial charge is 0.310 e. The second-order valence-electron chi connectivity index (χ2n) is 14.5. The highest BCUT2D eigenvalue weighted by molar-refractivity contribution is 7.26. The average molecular weight is 730 g/mol. The van der Waals surface area contributed by atoms with Crippen molar-refractivity contribution in [3.8, 4) is 33.4 Å². The highest BCUT2D eigenvalue weighted by atomic mass is 32.1. The lowest BCUT2D eigenvalue weighted by molar-refractivity contribution is 1.28. The third-order valence-corrected chi connectivity index (χ3v) is 12.4. The fraction of sp³-hybridized carbons (Fsp3) is 0. The van der Waals surface area contributed by atoms with Gasteiger partial charge in [-0.25, -0.2) is 0 Å². The summed E-state index contributed by atoms with van der Waals surface area (Å²) in [6.45, 7) is 0. The number of hydrogen-bond donors (Lipinski definition) is 0. The Balaban J connectivity index is 1.01. The van der Waals surface area contributed by atoms with Gasteiger partial charge in [0.05, 0.1) is 5.69 Å². The molecule has 0 radical (unpaired) electrons. The zero-order valence-electron chi connectivity index (χ0n) is 30.6. The van der Waals surface area contributed by atoms with Crippen LogP contribution in [0.5, 0.6) is 0 Å². The third kappa shape index (κ3) is 5.46. The van der Waals surface area contributed by atoms with Crippen molar-refractivity contribution in [1.29, 1.82) is 0 Å². The molecular weight excluding hydrogens is 695 g/mol. The molecule has 0 N–H and O–H groups in total. The quantitative estimate of drug-likeness (QED) is 0.154. The smallest absolute Gasteiger partial charge is 0.0540 e. The van der Waals surface area contributed by atoms with E-state index in [4.69, 9.17) is 0 Å². The molecule has 0 atom stereocenters. The van der Waals surface area contributed by atoms with Crippen molar-refractivity contribution >= 4 is 80.9 Å². The summed E-state index contributed by atoms with van der Waals surface area (Å²) >= 11 is 1.87. The van der Waals surface area contributed by atoms with Gasteiger partial charge in [-0.05, 0) is 115 Å². The molecule has 1 aromatic heterocycles. The van der Waals surface area contributed by atoms with Crippen LogP contribution in [-0.2, 0) is 0 Å². The number of fused-ring (bicyclic) bond motifs is 8. The minimum atomic E-state index is 1.10. The van der Waals surface area contributed by atoms with Gasteiger partial charge in [0.2, 0.25) is 0 Å². The highest BCUT2D eigenvalue weighted by Gasteiger charge is 2.18. The average Bonchev–Trinajstić information content (AvgIpc) is 3.66. The lowest BCUT2D eigenvalue weighted by Crippen LogP contribution is -2.11. The molecule has 0 saturated carbocycles. The Kier molecular flexibility index (Phi) is 7.75. The molecule has 0 amide bonds. The zero-order chi connectivity index (χ0) is 37.0. The summed E-state index contributed by atoms with van der Waals surface area (Å²) in [5.74, 6) is 0. The Hall–Kier alpha value is -7.00. The van der Waals surface area contributed by atoms with Crippen LogP contribution in [-0.4, -0.2) is 0 Å². The maximum atomic E-state index is 2.40. The number of benzene rings is 10. The van der Waals surface area contributed by atoms with E-state index in [1.54, 1.807) is 0 Å². The number of thiophene rings is 1. The number of hydrogen-bond acceptors (Lipinski definition) is 2. The Morgan fingerprint density at radius 3 is 1.70 bits per heavy atom. The van der Waals surface area contributed by atoms with E-state index in [0.717, 1.165) is 17.1 Å². The summed E-state index contributed by atoms with van der Waals surface area (Å²) in [5, 5.41) is 10.4. The Labute approximate surface area is 330 Å². The first kappa shape index (κ1) is 32.4. The molecular formula is C54H35NS. The van der Waals surface area contributed by atoms with E-state index >= 15 is 0 Å². The maximum absolute atomic E-state index is 2.40. The van der Waals surface area contributed by atoms with Crippen LogP contribution in [0.15, 0.2) is 212 Å². The normalized spacial score (nSPS) is 11.6. The Morgan fingerprint density at radius 2 is 0.893 bits per heavy atom. The van der Waals surface area contributed by atoms with E-state index in [1.165, 1.54) is 85.9 Å². The first-order valence-corrected chi connectivity index (χ1v) is 20.0. The van der Waals surface area contributed by atoms with Crippen LogP contribution in [0, 0.1) is 0 Å². The lowest BCUT2D eigenvalue weighted by atomic mass is 9.93. The summed E-state index contributed by atoms with van der Waals surface area (Å²) < 4.78 is 2.68. The van der Waals surface area contributed by atoms with Crippen LogP contribution >= 0.6 is 11.3 Å². The van der Waals surface area contributed by atoms with E-state index in [0.29, 0.717) is 0 Å². The second kappa shape index (κ2) is 13.4. The van der Waals surface area contributed by atoms with Crippen LogP contribution in [0.25, 0.3) is 85.9 Å². The molecule has 0 fully saturated rings. The molecule has 1 heterocycles. The summed E-state index contributed by atoms with van der Waals surface area (Å²) in [7, 11) is 0. The van der Waals surface area contributed by atoms with E-state index in [-0.39, 0.29) is 0 Å². The van der Waals surface area contributed by atoms with E-state index in [2.05, 4.69) is 217 Å². The van der Waals surface area contributed by atoms with Gasteiger partial charge in [-0.2, -0.15) is 0 Å². The van der Waals surface area contributed by atoms with Gasteiger partial charge in [-0.15, -0.1) is 11.3 Å². The molecule has 0 saturated heterocycles. The first-order valence-electron chi connectivity index (χ1n) is 19.2. The lowest BCUT2D eigenvalue weighted by Gasteiger charge is -2.28. The van der Waals surface area contributed by atoms with Gasteiger partial charge in [0.1, 0.15) is 0 Å². The molecule has 2 heteroatoms. The number of nitrogens with zero attached hydrogens (tertiary/aromatic N) is 1. The van der Waals surface area contributed by atoms with E-state index in [1.807, 2.05) is 11.3 Å². The fourth-order valence-corrected chi connectivity index (χ4v) is 9.70. The predicted molar refractivity (Wildman–Crippen MR) is 243 cm³/mol. The zero-order valence-corrected chi connectivity index (χ0v) is 31.4. The molecule has 0 unspecified atom stereocenters. The molecule has 0 bridgehead atoms. The van der Waals surface area contributed by atoms with Crippen molar-refractivity contribution in [2.75, 3.05) is 4.90 Å². The predicted octanol–water partition coefficient (Wildman–Crippen LogP) is 16.0. The third-order valence-electron chi connectivity index (χ3n) is 11.3. The molecule has 0 aliphatic heterocycles. The minimum absolute atomic E-state index is 1.10. The van der Waals surface area contributed by atoms with Crippen LogP contribution in [0.4, 0.5) is 17.1 Å². The van der Waals surface area contributed by atoms with Gasteiger partial charge in [0.15, 0.2) is 0 Å². The molecule has 11 rings (SSSR count). The van der Waals surface area contributed by atoms with Crippen molar-refractivity contribution in [2.45, 2.75) is 0 Å². The van der Waals surface area contributed by atoms with Gasteiger partial charge < -0.3 is 4.90 Å². The number of anilines is 3. The molecule has 262 valence electrons. The first-order chi connectivity index (χ1) is 27.8. The molecule has 0 aliphatic carbocycles. The standard InChI is InChI=1S/C54H35NS/c1-2-12-37(13-3-1)45-16-8-10-20-51(45)55(43-30-24-38(25-31-43)50-35-40-14-4-5-15-44(40)47-17-6-7-18-48(47)50)42-28-22-36(23-29-42)39-26-32-46-41(34-39)27-33-53-54(46)49-19-9-11-21-52(49)56-53/h1-35H. The van der Waals surface area contributed by atoms with Crippen LogP contribution in [0.3, 0.4) is 0 Å². The summed E-state index contributed by atoms with van der Waals surface area (Å²) in [6.07, 6.45) is 0. The SMILES string of the molecule is c1ccc(-c2ccccc2N(c2ccc(-c3ccc4c(ccc5sc6ccccc6c54)c3)cc2)c2ccc(-c3cc4ccccc4c4ccccc34)cc2)cc1. The van der Waals surface area contributed by atoms with Gasteiger partial charge in [-0.1, -0.05) is 158 Å². The van der Waals surface area contributed by atoms with Gasteiger partial charge >= 0.3 is 0 Å². The topological polar surface area (TPSA) is 3.24 Å². The number of rotatable bonds is 6. The Morgan fingerprint density at radius 1 is 0.304 bits per heavy atom. The maximum Gasteiger partial charge on any atom is 0.0540 e. The second-order valence-corrected chi connectivity index (χ2v) is 15.6. The van der Waals surface area contributed by atoms with Gasteiger partial charge in [0, 0.05) is 37.1 Å². The molecule has 56 heavy (non-hydrogen) atoms. The minimum Gasteiger partial charge on any atom is -0.310 e. The fourth-order valence-electron chi connectivity index (χ4n) is 8.58. The van der Waals surface area contributed by atoms with Gasteiger partial charge in [0.25, 0.3) is 0 Å².